The predicted octanol–water partition coefficient (Wildman–Crippen LogP) is 13.3. The van der Waals surface area contributed by atoms with E-state index in [1.165, 1.54) is 32.7 Å². The lowest BCUT2D eigenvalue weighted by Gasteiger charge is -2.15. The van der Waals surface area contributed by atoms with Gasteiger partial charge >= 0.3 is 0 Å². The summed E-state index contributed by atoms with van der Waals surface area (Å²) in [5.41, 5.74) is 12.4. The van der Waals surface area contributed by atoms with Crippen LogP contribution in [0.1, 0.15) is 36.1 Å². The summed E-state index contributed by atoms with van der Waals surface area (Å²) in [6, 6.07) is 56.5. The van der Waals surface area contributed by atoms with Gasteiger partial charge in [0.2, 0.25) is 0 Å². The van der Waals surface area contributed by atoms with Crippen LogP contribution in [-0.2, 0) is 0 Å². The zero-order chi connectivity index (χ0) is 35.2. The monoisotopic (exact) mass is 655 g/mol. The highest BCUT2D eigenvalue weighted by Crippen LogP contribution is 2.39. The minimum absolute atomic E-state index is 0.958. The molecule has 0 aliphatic heterocycles. The molecule has 0 radical (unpaired) electrons. The first kappa shape index (κ1) is 33.2. The van der Waals surface area contributed by atoms with Gasteiger partial charge in [-0.25, -0.2) is 4.99 Å². The predicted molar refractivity (Wildman–Crippen MR) is 221 cm³/mol. The first-order valence-electron chi connectivity index (χ1n) is 17.5. The Balaban J connectivity index is 1.42. The van der Waals surface area contributed by atoms with Crippen LogP contribution in [0.25, 0.3) is 60.6 Å². The zero-order valence-electron chi connectivity index (χ0n) is 29.5. The van der Waals surface area contributed by atoms with E-state index < -0.39 is 0 Å². The van der Waals surface area contributed by atoms with E-state index in [0.29, 0.717) is 0 Å². The molecular formula is C50H41N. The van der Waals surface area contributed by atoms with Gasteiger partial charge in [-0.05, 0) is 123 Å². The van der Waals surface area contributed by atoms with Crippen LogP contribution in [0, 0.1) is 6.92 Å². The molecule has 246 valence electrons. The first-order valence-corrected chi connectivity index (χ1v) is 17.5. The van der Waals surface area contributed by atoms with E-state index in [9.17, 15) is 0 Å². The van der Waals surface area contributed by atoms with Gasteiger partial charge in [-0.1, -0.05) is 158 Å². The summed E-state index contributed by atoms with van der Waals surface area (Å²) in [5.74, 6) is 0. The molecule has 0 amide bonds. The fraction of sp³-hybridized carbons (Fsp3) is 0.0600. The van der Waals surface area contributed by atoms with Crippen LogP contribution in [0.3, 0.4) is 0 Å². The molecule has 7 aromatic rings. The highest BCUT2D eigenvalue weighted by atomic mass is 14.7. The van der Waals surface area contributed by atoms with Crippen molar-refractivity contribution in [1.29, 1.82) is 0 Å². The van der Waals surface area contributed by atoms with Crippen molar-refractivity contribution >= 4 is 38.4 Å². The van der Waals surface area contributed by atoms with Gasteiger partial charge in [0, 0.05) is 5.56 Å². The van der Waals surface area contributed by atoms with Crippen molar-refractivity contribution < 1.29 is 0 Å². The van der Waals surface area contributed by atoms with Gasteiger partial charge < -0.3 is 0 Å². The van der Waals surface area contributed by atoms with Crippen LogP contribution in [0.15, 0.2) is 194 Å². The summed E-state index contributed by atoms with van der Waals surface area (Å²) in [6.07, 6.45) is 8.19. The molecule has 0 saturated carbocycles. The summed E-state index contributed by atoms with van der Waals surface area (Å²) in [5, 5.41) is 5.96. The van der Waals surface area contributed by atoms with Crippen LogP contribution in [0.2, 0.25) is 0 Å². The van der Waals surface area contributed by atoms with Gasteiger partial charge in [0.15, 0.2) is 0 Å². The Morgan fingerprint density at radius 2 is 1.22 bits per heavy atom. The van der Waals surface area contributed by atoms with Crippen molar-refractivity contribution in [2.75, 3.05) is 0 Å². The lowest BCUT2D eigenvalue weighted by molar-refractivity contribution is 1.29. The number of hydrogen-bond donors (Lipinski definition) is 0. The summed E-state index contributed by atoms with van der Waals surface area (Å²) in [4.78, 5) is 5.29. The Labute approximate surface area is 301 Å². The maximum Gasteiger partial charge on any atom is 0.0744 e. The largest absolute Gasteiger partial charge is 0.248 e. The third-order valence-electron chi connectivity index (χ3n) is 9.50. The maximum absolute atomic E-state index is 5.29. The molecule has 0 saturated heterocycles. The number of nitrogens with zero attached hydrogens (tertiary/aromatic N) is 1. The first-order chi connectivity index (χ1) is 25.0. The molecule has 1 heteroatoms. The molecule has 0 heterocycles. The fourth-order valence-corrected chi connectivity index (χ4v) is 6.85. The molecule has 7 aromatic carbocycles. The second-order valence-electron chi connectivity index (χ2n) is 12.9. The molecule has 0 bridgehead atoms. The quantitative estimate of drug-likeness (QED) is 0.0878. The molecule has 0 fully saturated rings. The van der Waals surface area contributed by atoms with Gasteiger partial charge in [-0.15, -0.1) is 0 Å². The fourth-order valence-electron chi connectivity index (χ4n) is 6.85. The van der Waals surface area contributed by atoms with E-state index in [4.69, 9.17) is 4.99 Å². The van der Waals surface area contributed by atoms with Crippen LogP contribution in [-0.4, -0.2) is 0 Å². The summed E-state index contributed by atoms with van der Waals surface area (Å²) >= 11 is 0. The van der Waals surface area contributed by atoms with Crippen LogP contribution < -0.4 is 5.36 Å². The highest BCUT2D eigenvalue weighted by Gasteiger charge is 2.14. The smallest absolute Gasteiger partial charge is 0.0744 e. The van der Waals surface area contributed by atoms with Gasteiger partial charge in [-0.3, -0.25) is 0 Å². The Hall–Kier alpha value is -6.31. The number of allylic oxidation sites excluding steroid dienone is 6. The number of hydrogen-bond acceptors (Lipinski definition) is 1. The van der Waals surface area contributed by atoms with Crippen molar-refractivity contribution in [1.82, 2.24) is 0 Å². The SMILES string of the molecule is C=C/C=C(\C=C/C)c1cc(-c2ccc(C(/N=c3/cccccc3C)=C(/C)c3ccccc3)cc2)cc(-c2cc3ccccc3c3ccccc23)c1. The number of benzene rings is 6. The van der Waals surface area contributed by atoms with Crippen LogP contribution in [0.4, 0.5) is 0 Å². The lowest BCUT2D eigenvalue weighted by Crippen LogP contribution is -2.04. The maximum atomic E-state index is 5.29. The standard InChI is InChI=1S/C50H41N/c1-5-17-38(18-6-2)42-31-43(33-44(32-42)48-34-41-22-13-14-23-45(41)46-24-15-16-25-47(46)48)39-27-29-40(30-28-39)50(36(4)37-20-10-8-11-21-37)51-49-26-12-7-9-19-35(49)3/h5-34H,1H2,2-4H3/b18-6-,38-17+,50-36+,51-49-. The minimum atomic E-state index is 0.958. The third-order valence-corrected chi connectivity index (χ3v) is 9.50. The molecule has 0 spiro atoms. The highest BCUT2D eigenvalue weighted by molar-refractivity contribution is 6.14. The summed E-state index contributed by atoms with van der Waals surface area (Å²) in [6.45, 7) is 10.4. The summed E-state index contributed by atoms with van der Waals surface area (Å²) in [7, 11) is 0. The van der Waals surface area contributed by atoms with E-state index in [1.54, 1.807) is 0 Å². The Bertz CT molecular complexity index is 2550. The molecule has 0 unspecified atom stereocenters. The topological polar surface area (TPSA) is 12.4 Å². The van der Waals surface area contributed by atoms with Crippen LogP contribution >= 0.6 is 0 Å². The number of fused-ring (bicyclic) bond motifs is 3. The average Bonchev–Trinajstić information content (AvgIpc) is 3.39. The van der Waals surface area contributed by atoms with Crippen molar-refractivity contribution in [3.63, 3.8) is 0 Å². The minimum Gasteiger partial charge on any atom is -0.248 e. The van der Waals surface area contributed by atoms with Crippen molar-refractivity contribution in [2.24, 2.45) is 4.99 Å². The second kappa shape index (κ2) is 15.1. The van der Waals surface area contributed by atoms with E-state index >= 15 is 0 Å². The summed E-state index contributed by atoms with van der Waals surface area (Å²) < 4.78 is 0. The van der Waals surface area contributed by atoms with Gasteiger partial charge in [0.05, 0.1) is 11.1 Å². The second-order valence-corrected chi connectivity index (χ2v) is 12.9. The van der Waals surface area contributed by atoms with Crippen molar-refractivity contribution in [3.05, 3.63) is 216 Å². The molecule has 0 atom stereocenters. The number of aryl methyl sites for hydroxylation is 1. The van der Waals surface area contributed by atoms with E-state index in [-0.39, 0.29) is 0 Å². The van der Waals surface area contributed by atoms with Crippen LogP contribution in [0.5, 0.6) is 0 Å². The Morgan fingerprint density at radius 1 is 0.569 bits per heavy atom. The van der Waals surface area contributed by atoms with Crippen molar-refractivity contribution in [2.45, 2.75) is 20.8 Å². The normalized spacial score (nSPS) is 12.8. The van der Waals surface area contributed by atoms with Gasteiger partial charge in [0.1, 0.15) is 0 Å². The van der Waals surface area contributed by atoms with Gasteiger partial charge in [0.25, 0.3) is 0 Å². The molecule has 7 rings (SSSR count). The zero-order valence-corrected chi connectivity index (χ0v) is 29.5. The average molecular weight is 656 g/mol. The Morgan fingerprint density at radius 3 is 1.96 bits per heavy atom. The van der Waals surface area contributed by atoms with Crippen molar-refractivity contribution in [3.8, 4) is 22.3 Å². The third kappa shape index (κ3) is 7.06. The molecular weight excluding hydrogens is 615 g/mol. The Kier molecular flexibility index (Phi) is 9.81. The van der Waals surface area contributed by atoms with Gasteiger partial charge in [-0.2, -0.15) is 0 Å². The molecule has 0 aliphatic carbocycles. The molecule has 0 aromatic heterocycles. The lowest BCUT2D eigenvalue weighted by atomic mass is 9.89. The van der Waals surface area contributed by atoms with E-state index in [2.05, 4.69) is 197 Å². The number of rotatable bonds is 8. The van der Waals surface area contributed by atoms with E-state index in [0.717, 1.165) is 55.6 Å². The molecule has 0 N–H and O–H groups in total. The molecule has 1 nitrogen and oxygen atoms in total. The molecule has 0 aliphatic rings. The molecule has 51 heavy (non-hydrogen) atoms. The van der Waals surface area contributed by atoms with E-state index in [1.807, 2.05) is 12.1 Å².